The lowest BCUT2D eigenvalue weighted by Crippen LogP contribution is -1.92. The van der Waals surface area contributed by atoms with Crippen molar-refractivity contribution in [3.8, 4) is 11.5 Å². The molecule has 1 nitrogen and oxygen atoms in total. The zero-order valence-electron chi connectivity index (χ0n) is 11.0. The van der Waals surface area contributed by atoms with Crippen LogP contribution >= 0.6 is 27.5 Å². The lowest BCUT2D eigenvalue weighted by molar-refractivity contribution is 0.478. The van der Waals surface area contributed by atoms with Crippen molar-refractivity contribution in [3.63, 3.8) is 0 Å². The molecule has 3 heteroatoms. The second kappa shape index (κ2) is 6.44. The topological polar surface area (TPSA) is 9.23 Å². The molecular weight excluding hydrogens is 324 g/mol. The third-order valence-corrected chi connectivity index (χ3v) is 3.96. The molecule has 0 bridgehead atoms. The van der Waals surface area contributed by atoms with Gasteiger partial charge >= 0.3 is 0 Å². The molecule has 0 fully saturated rings. The predicted octanol–water partition coefficient (Wildman–Crippen LogP) is 5.90. The Hall–Kier alpha value is -0.990. The second-order valence-corrected chi connectivity index (χ2v) is 5.42. The SMILES string of the molecule is CCc1cc(Oc2ccc(C)cc2CBr)ccc1Cl. The molecule has 0 unspecified atom stereocenters. The van der Waals surface area contributed by atoms with Crippen LogP contribution in [0.25, 0.3) is 0 Å². The van der Waals surface area contributed by atoms with Gasteiger partial charge in [0.15, 0.2) is 0 Å². The number of hydrogen-bond donors (Lipinski definition) is 0. The van der Waals surface area contributed by atoms with Crippen molar-refractivity contribution < 1.29 is 4.74 Å². The molecule has 19 heavy (non-hydrogen) atoms. The van der Waals surface area contributed by atoms with Crippen LogP contribution in [-0.2, 0) is 11.8 Å². The number of aryl methyl sites for hydroxylation is 2. The van der Waals surface area contributed by atoms with Gasteiger partial charge in [0, 0.05) is 15.9 Å². The fourth-order valence-corrected chi connectivity index (χ4v) is 2.61. The summed E-state index contributed by atoms with van der Waals surface area (Å²) in [6, 6.07) is 12.0. The number of alkyl halides is 1. The first-order chi connectivity index (χ1) is 9.13. The van der Waals surface area contributed by atoms with Crippen LogP contribution < -0.4 is 4.74 Å². The van der Waals surface area contributed by atoms with Crippen LogP contribution in [0.2, 0.25) is 5.02 Å². The molecule has 0 saturated heterocycles. The normalized spacial score (nSPS) is 10.5. The lowest BCUT2D eigenvalue weighted by atomic mass is 10.1. The van der Waals surface area contributed by atoms with Crippen molar-refractivity contribution in [2.75, 3.05) is 0 Å². The van der Waals surface area contributed by atoms with Gasteiger partial charge in [0.2, 0.25) is 0 Å². The number of benzene rings is 2. The molecule has 0 aliphatic heterocycles. The van der Waals surface area contributed by atoms with E-state index >= 15 is 0 Å². The van der Waals surface area contributed by atoms with Crippen LogP contribution in [0, 0.1) is 6.92 Å². The van der Waals surface area contributed by atoms with Gasteiger partial charge < -0.3 is 4.74 Å². The quantitative estimate of drug-likeness (QED) is 0.630. The Labute approximate surface area is 127 Å². The van der Waals surface area contributed by atoms with Crippen LogP contribution in [-0.4, -0.2) is 0 Å². The molecular formula is C16H16BrClO. The van der Waals surface area contributed by atoms with Gasteiger partial charge in [-0.05, 0) is 43.2 Å². The van der Waals surface area contributed by atoms with Gasteiger partial charge in [0.25, 0.3) is 0 Å². The first kappa shape index (κ1) is 14.4. The molecule has 0 aliphatic carbocycles. The highest BCUT2D eigenvalue weighted by Crippen LogP contribution is 2.30. The highest BCUT2D eigenvalue weighted by Gasteiger charge is 2.06. The molecule has 2 aromatic rings. The summed E-state index contributed by atoms with van der Waals surface area (Å²) in [4.78, 5) is 0. The molecule has 0 aromatic heterocycles. The van der Waals surface area contributed by atoms with Crippen LogP contribution in [0.5, 0.6) is 11.5 Å². The van der Waals surface area contributed by atoms with E-state index in [1.807, 2.05) is 24.3 Å². The van der Waals surface area contributed by atoms with Gasteiger partial charge in [-0.2, -0.15) is 0 Å². The zero-order valence-corrected chi connectivity index (χ0v) is 13.4. The Balaban J connectivity index is 2.30. The van der Waals surface area contributed by atoms with E-state index in [1.165, 1.54) is 5.56 Å². The predicted molar refractivity (Wildman–Crippen MR) is 84.7 cm³/mol. The first-order valence-electron chi connectivity index (χ1n) is 6.25. The van der Waals surface area contributed by atoms with Gasteiger partial charge in [-0.1, -0.05) is 52.2 Å². The van der Waals surface area contributed by atoms with E-state index in [0.717, 1.165) is 39.4 Å². The number of hydrogen-bond acceptors (Lipinski definition) is 1. The fraction of sp³-hybridized carbons (Fsp3) is 0.250. The van der Waals surface area contributed by atoms with Gasteiger partial charge in [-0.3, -0.25) is 0 Å². The van der Waals surface area contributed by atoms with E-state index in [-0.39, 0.29) is 0 Å². The van der Waals surface area contributed by atoms with Crippen molar-refractivity contribution in [2.45, 2.75) is 25.6 Å². The molecule has 0 spiro atoms. The fourth-order valence-electron chi connectivity index (χ4n) is 1.92. The molecule has 2 rings (SSSR count). The summed E-state index contributed by atoms with van der Waals surface area (Å²) >= 11 is 9.61. The van der Waals surface area contributed by atoms with Gasteiger partial charge in [-0.25, -0.2) is 0 Å². The standard InChI is InChI=1S/C16H16BrClO/c1-3-12-9-14(5-6-15(12)18)19-16-7-4-11(2)8-13(16)10-17/h4-9H,3,10H2,1-2H3. The molecule has 0 aliphatic rings. The second-order valence-electron chi connectivity index (χ2n) is 4.45. The minimum atomic E-state index is 0.776. The summed E-state index contributed by atoms with van der Waals surface area (Å²) in [6.45, 7) is 4.16. The van der Waals surface area contributed by atoms with E-state index in [1.54, 1.807) is 0 Å². The number of ether oxygens (including phenoxy) is 1. The Bertz CT molecular complexity index is 581. The zero-order chi connectivity index (χ0) is 13.8. The first-order valence-corrected chi connectivity index (χ1v) is 7.75. The third kappa shape index (κ3) is 3.52. The summed E-state index contributed by atoms with van der Waals surface area (Å²) < 4.78 is 5.96. The minimum Gasteiger partial charge on any atom is -0.457 e. The average molecular weight is 340 g/mol. The lowest BCUT2D eigenvalue weighted by Gasteiger charge is -2.12. The summed E-state index contributed by atoms with van der Waals surface area (Å²) in [6.07, 6.45) is 0.898. The van der Waals surface area contributed by atoms with Crippen LogP contribution in [0.15, 0.2) is 36.4 Å². The maximum absolute atomic E-state index is 6.12. The Kier molecular flexibility index (Phi) is 4.89. The van der Waals surface area contributed by atoms with Crippen molar-refractivity contribution in [2.24, 2.45) is 0 Å². The van der Waals surface area contributed by atoms with E-state index in [2.05, 4.69) is 41.9 Å². The maximum atomic E-state index is 6.12. The Morgan fingerprint density at radius 2 is 1.89 bits per heavy atom. The van der Waals surface area contributed by atoms with Gasteiger partial charge in [0.05, 0.1) is 0 Å². The maximum Gasteiger partial charge on any atom is 0.131 e. The Morgan fingerprint density at radius 1 is 1.11 bits per heavy atom. The summed E-state index contributed by atoms with van der Waals surface area (Å²) in [5.41, 5.74) is 3.48. The average Bonchev–Trinajstić information content (AvgIpc) is 2.42. The molecule has 2 aromatic carbocycles. The summed E-state index contributed by atoms with van der Waals surface area (Å²) in [5, 5.41) is 1.57. The van der Waals surface area contributed by atoms with Gasteiger partial charge in [0.1, 0.15) is 11.5 Å². The molecule has 0 atom stereocenters. The molecule has 0 amide bonds. The monoisotopic (exact) mass is 338 g/mol. The van der Waals surface area contributed by atoms with E-state index in [4.69, 9.17) is 16.3 Å². The highest BCUT2D eigenvalue weighted by atomic mass is 79.9. The van der Waals surface area contributed by atoms with Crippen molar-refractivity contribution >= 4 is 27.5 Å². The van der Waals surface area contributed by atoms with Crippen molar-refractivity contribution in [1.82, 2.24) is 0 Å². The van der Waals surface area contributed by atoms with Crippen LogP contribution in [0.4, 0.5) is 0 Å². The molecule has 100 valence electrons. The number of rotatable bonds is 4. The van der Waals surface area contributed by atoms with E-state index < -0.39 is 0 Å². The molecule has 0 heterocycles. The van der Waals surface area contributed by atoms with Crippen LogP contribution in [0.3, 0.4) is 0 Å². The highest BCUT2D eigenvalue weighted by molar-refractivity contribution is 9.08. The summed E-state index contributed by atoms with van der Waals surface area (Å²) in [5.74, 6) is 1.71. The van der Waals surface area contributed by atoms with Crippen LogP contribution in [0.1, 0.15) is 23.6 Å². The van der Waals surface area contributed by atoms with Crippen molar-refractivity contribution in [3.05, 3.63) is 58.1 Å². The van der Waals surface area contributed by atoms with E-state index in [9.17, 15) is 0 Å². The smallest absolute Gasteiger partial charge is 0.131 e. The van der Waals surface area contributed by atoms with Gasteiger partial charge in [-0.15, -0.1) is 0 Å². The van der Waals surface area contributed by atoms with Crippen molar-refractivity contribution in [1.29, 1.82) is 0 Å². The Morgan fingerprint density at radius 3 is 2.58 bits per heavy atom. The molecule has 0 N–H and O–H groups in total. The largest absolute Gasteiger partial charge is 0.457 e. The number of halogens is 2. The summed E-state index contributed by atoms with van der Waals surface area (Å²) in [7, 11) is 0. The van der Waals surface area contributed by atoms with E-state index in [0.29, 0.717) is 0 Å². The third-order valence-electron chi connectivity index (χ3n) is 2.99. The minimum absolute atomic E-state index is 0.776. The molecule has 0 saturated carbocycles. The molecule has 0 radical (unpaired) electrons.